The van der Waals surface area contributed by atoms with Gasteiger partial charge in [0.2, 0.25) is 5.91 Å². The first-order valence-corrected chi connectivity index (χ1v) is 11.9. The van der Waals surface area contributed by atoms with Crippen molar-refractivity contribution in [2.45, 2.75) is 38.5 Å². The average Bonchev–Trinajstić information content (AvgIpc) is 2.79. The summed E-state index contributed by atoms with van der Waals surface area (Å²) < 4.78 is 11.6. The number of para-hydroxylation sites is 1. The third-order valence-corrected chi connectivity index (χ3v) is 6.81. The molecule has 1 saturated heterocycles. The van der Waals surface area contributed by atoms with Crippen LogP contribution in [0.5, 0.6) is 5.75 Å². The number of rotatable bonds is 5. The Labute approximate surface area is 192 Å². The second-order valence-electron chi connectivity index (χ2n) is 9.46. The number of benzene rings is 1. The summed E-state index contributed by atoms with van der Waals surface area (Å²) in [6.07, 6.45) is 5.48. The summed E-state index contributed by atoms with van der Waals surface area (Å²) in [5, 5.41) is 0. The Morgan fingerprint density at radius 1 is 1.09 bits per heavy atom. The van der Waals surface area contributed by atoms with Crippen LogP contribution >= 0.6 is 0 Å². The number of hydrogen-bond donors (Lipinski definition) is 0. The van der Waals surface area contributed by atoms with Crippen molar-refractivity contribution in [3.8, 4) is 5.75 Å². The van der Waals surface area contributed by atoms with Gasteiger partial charge in [0.15, 0.2) is 0 Å². The normalized spacial score (nSPS) is 19.8. The first kappa shape index (κ1) is 24.5. The van der Waals surface area contributed by atoms with Gasteiger partial charge in [0.25, 0.3) is 5.91 Å². The number of fused-ring (bicyclic) bond motifs is 9. The predicted molar refractivity (Wildman–Crippen MR) is 125 cm³/mol. The average molecular weight is 446 g/mol. The highest BCUT2D eigenvalue weighted by molar-refractivity contribution is 5.97. The molecule has 2 amide bonds. The van der Waals surface area contributed by atoms with E-state index in [2.05, 4.69) is 0 Å². The molecule has 0 aliphatic carbocycles. The summed E-state index contributed by atoms with van der Waals surface area (Å²) in [5.74, 6) is 0.789. The molecule has 3 aliphatic heterocycles. The van der Waals surface area contributed by atoms with Gasteiger partial charge in [-0.1, -0.05) is 18.6 Å². The van der Waals surface area contributed by atoms with Gasteiger partial charge >= 0.3 is 0 Å². The van der Waals surface area contributed by atoms with E-state index in [1.165, 1.54) is 0 Å². The summed E-state index contributed by atoms with van der Waals surface area (Å²) in [5.41, 5.74) is 0.716. The van der Waals surface area contributed by atoms with Crippen LogP contribution < -0.4 is 4.74 Å². The maximum atomic E-state index is 13.3. The molecule has 1 aromatic carbocycles. The monoisotopic (exact) mass is 445 g/mol. The number of carbonyl (C=O) groups excluding carboxylic acids is 2. The van der Waals surface area contributed by atoms with Crippen molar-refractivity contribution in [2.75, 3.05) is 67.1 Å². The topological polar surface area (TPSA) is 62.3 Å². The number of amides is 2. The number of methoxy groups -OCH3 is 1. The summed E-state index contributed by atoms with van der Waals surface area (Å²) in [4.78, 5) is 32.0. The highest BCUT2D eigenvalue weighted by Crippen LogP contribution is 2.38. The van der Waals surface area contributed by atoms with Crippen LogP contribution in [0.3, 0.4) is 0 Å². The molecule has 4 rings (SSSR count). The molecule has 3 heterocycles. The van der Waals surface area contributed by atoms with E-state index in [1.54, 1.807) is 7.11 Å². The largest absolute Gasteiger partial charge is 0.491 e. The van der Waals surface area contributed by atoms with Crippen molar-refractivity contribution in [3.63, 3.8) is 0 Å². The van der Waals surface area contributed by atoms with Crippen LogP contribution in [0.1, 0.15) is 48.9 Å². The number of carbonyl (C=O) groups is 2. The minimum atomic E-state index is 0.0282. The Balaban J connectivity index is 1.79. The van der Waals surface area contributed by atoms with E-state index in [0.717, 1.165) is 64.9 Å². The van der Waals surface area contributed by atoms with E-state index in [9.17, 15) is 9.59 Å². The SMILES string of the molecule is COCC12CCCCN(C(=O)CCN(C)C)CCOc3ccccc3C(=O)N(CC1)CC2. The highest BCUT2D eigenvalue weighted by atomic mass is 16.5. The van der Waals surface area contributed by atoms with Gasteiger partial charge in [-0.3, -0.25) is 9.59 Å². The van der Waals surface area contributed by atoms with Gasteiger partial charge in [-0.2, -0.15) is 0 Å². The van der Waals surface area contributed by atoms with E-state index in [-0.39, 0.29) is 17.2 Å². The van der Waals surface area contributed by atoms with E-state index in [0.29, 0.717) is 30.9 Å². The van der Waals surface area contributed by atoms with Crippen LogP contribution in [0.25, 0.3) is 0 Å². The molecule has 1 aromatic rings. The summed E-state index contributed by atoms with van der Waals surface area (Å²) >= 11 is 0. The van der Waals surface area contributed by atoms with Crippen molar-refractivity contribution < 1.29 is 19.1 Å². The van der Waals surface area contributed by atoms with E-state index >= 15 is 0 Å². The molecule has 3 aliphatic rings. The van der Waals surface area contributed by atoms with Crippen LogP contribution in [0, 0.1) is 5.41 Å². The lowest BCUT2D eigenvalue weighted by Crippen LogP contribution is -2.45. The Bertz CT molecular complexity index is 759. The van der Waals surface area contributed by atoms with Crippen molar-refractivity contribution >= 4 is 11.8 Å². The first-order chi connectivity index (χ1) is 15.4. The Kier molecular flexibility index (Phi) is 8.93. The quantitative estimate of drug-likeness (QED) is 0.697. The van der Waals surface area contributed by atoms with Gasteiger partial charge in [-0.05, 0) is 57.3 Å². The van der Waals surface area contributed by atoms with Gasteiger partial charge in [0.05, 0.1) is 18.7 Å². The highest BCUT2D eigenvalue weighted by Gasteiger charge is 2.36. The van der Waals surface area contributed by atoms with Gasteiger partial charge in [0.1, 0.15) is 12.4 Å². The number of ether oxygens (including phenoxy) is 2. The molecule has 0 spiro atoms. The van der Waals surface area contributed by atoms with E-state index in [4.69, 9.17) is 9.47 Å². The van der Waals surface area contributed by atoms with Gasteiger partial charge in [-0.15, -0.1) is 0 Å². The van der Waals surface area contributed by atoms with E-state index < -0.39 is 0 Å². The summed E-state index contributed by atoms with van der Waals surface area (Å²) in [6, 6.07) is 7.46. The van der Waals surface area contributed by atoms with Crippen molar-refractivity contribution in [2.24, 2.45) is 5.41 Å². The molecule has 0 unspecified atom stereocenters. The lowest BCUT2D eigenvalue weighted by atomic mass is 9.75. The fourth-order valence-corrected chi connectivity index (χ4v) is 4.80. The fourth-order valence-electron chi connectivity index (χ4n) is 4.80. The zero-order chi connectivity index (χ0) is 23.0. The van der Waals surface area contributed by atoms with Crippen LogP contribution in [0.2, 0.25) is 0 Å². The van der Waals surface area contributed by atoms with Crippen molar-refractivity contribution in [3.05, 3.63) is 29.8 Å². The lowest BCUT2D eigenvalue weighted by Gasteiger charge is -2.41. The first-order valence-electron chi connectivity index (χ1n) is 11.9. The number of hydrogen-bond acceptors (Lipinski definition) is 5. The van der Waals surface area contributed by atoms with Crippen LogP contribution in [0.15, 0.2) is 24.3 Å². The number of piperidine rings is 1. The third-order valence-electron chi connectivity index (χ3n) is 6.81. The standard InChI is InChI=1S/C25H39N3O4/c1-26(2)15-10-23(29)27-14-7-6-11-25(20-31-3)12-16-28(17-13-25)24(30)21-8-4-5-9-22(21)32-19-18-27/h4-5,8-9H,6-7,10-20H2,1-3H3. The predicted octanol–water partition coefficient (Wildman–Crippen LogP) is 2.90. The van der Waals surface area contributed by atoms with Crippen LogP contribution in [-0.2, 0) is 9.53 Å². The molecular weight excluding hydrogens is 406 g/mol. The summed E-state index contributed by atoms with van der Waals surface area (Å²) in [7, 11) is 5.73. The molecule has 0 aromatic heterocycles. The van der Waals surface area contributed by atoms with E-state index in [1.807, 2.05) is 53.1 Å². The molecule has 0 atom stereocenters. The Morgan fingerprint density at radius 3 is 2.56 bits per heavy atom. The molecule has 7 heteroatoms. The molecule has 178 valence electrons. The maximum Gasteiger partial charge on any atom is 0.257 e. The minimum absolute atomic E-state index is 0.0282. The van der Waals surface area contributed by atoms with Gasteiger partial charge in [-0.25, -0.2) is 0 Å². The Hall–Kier alpha value is -2.12. The minimum Gasteiger partial charge on any atom is -0.491 e. The van der Waals surface area contributed by atoms with Crippen molar-refractivity contribution in [1.82, 2.24) is 14.7 Å². The molecule has 0 saturated carbocycles. The number of nitrogens with zero attached hydrogens (tertiary/aromatic N) is 3. The molecule has 2 bridgehead atoms. The molecule has 1 fully saturated rings. The van der Waals surface area contributed by atoms with Crippen LogP contribution in [0.4, 0.5) is 0 Å². The molecule has 7 nitrogen and oxygen atoms in total. The fraction of sp³-hybridized carbons (Fsp3) is 0.680. The van der Waals surface area contributed by atoms with Gasteiger partial charge < -0.3 is 24.2 Å². The second kappa shape index (κ2) is 11.7. The van der Waals surface area contributed by atoms with Gasteiger partial charge in [0, 0.05) is 39.7 Å². The lowest BCUT2D eigenvalue weighted by molar-refractivity contribution is -0.132. The summed E-state index contributed by atoms with van der Waals surface area (Å²) in [6.45, 7) is 4.59. The molecular formula is C25H39N3O4. The maximum absolute atomic E-state index is 13.3. The molecule has 32 heavy (non-hydrogen) atoms. The molecule has 0 N–H and O–H groups in total. The zero-order valence-electron chi connectivity index (χ0n) is 20.0. The second-order valence-corrected chi connectivity index (χ2v) is 9.46. The van der Waals surface area contributed by atoms with Crippen molar-refractivity contribution in [1.29, 1.82) is 0 Å². The third kappa shape index (κ3) is 6.45. The Morgan fingerprint density at radius 2 is 1.84 bits per heavy atom. The zero-order valence-corrected chi connectivity index (χ0v) is 20.0. The smallest absolute Gasteiger partial charge is 0.257 e. The van der Waals surface area contributed by atoms with Crippen LogP contribution in [-0.4, -0.2) is 93.7 Å². The molecule has 0 radical (unpaired) electrons.